The molecular weight excluding hydrogens is 326 g/mol. The van der Waals surface area contributed by atoms with Gasteiger partial charge in [0.2, 0.25) is 5.91 Å². The van der Waals surface area contributed by atoms with Gasteiger partial charge < -0.3 is 5.32 Å². The molecule has 0 heterocycles. The van der Waals surface area contributed by atoms with Crippen molar-refractivity contribution in [3.05, 3.63) is 53.1 Å². The molecule has 1 atom stereocenters. The van der Waals surface area contributed by atoms with Crippen LogP contribution in [0.1, 0.15) is 38.8 Å². The van der Waals surface area contributed by atoms with Crippen LogP contribution in [0.4, 0.5) is 5.69 Å². The first-order valence-corrected chi connectivity index (χ1v) is 8.34. The number of aryl methyl sites for hydroxylation is 2. The molecule has 0 aromatic heterocycles. The Morgan fingerprint density at radius 3 is 2.43 bits per heavy atom. The molecule has 1 amide bonds. The van der Waals surface area contributed by atoms with Crippen molar-refractivity contribution >= 4 is 27.5 Å². The number of anilines is 1. The molecule has 0 spiro atoms. The molecule has 0 bridgehead atoms. The van der Waals surface area contributed by atoms with E-state index in [0.717, 1.165) is 24.1 Å². The standard InChI is InChI=1S/C18H24BrNO/c1-5-9-14(7-3)17(19)18(21)20-16-11-10-13(6-2)15(8-4)12-16/h5,7,9-12,17H,6,8H2,1-4H3,(H,20,21)/b9-5-,14-7+. The van der Waals surface area contributed by atoms with E-state index in [1.807, 2.05) is 38.1 Å². The Bertz CT molecular complexity index is 546. The minimum atomic E-state index is -0.338. The monoisotopic (exact) mass is 349 g/mol. The number of carbonyl (C=O) groups excluding carboxylic acids is 1. The Hall–Kier alpha value is -1.35. The van der Waals surface area contributed by atoms with Gasteiger partial charge >= 0.3 is 0 Å². The first kappa shape index (κ1) is 17.7. The second-order valence-corrected chi connectivity index (χ2v) is 5.75. The third kappa shape index (κ3) is 4.85. The van der Waals surface area contributed by atoms with E-state index in [0.29, 0.717) is 0 Å². The van der Waals surface area contributed by atoms with Crippen LogP contribution < -0.4 is 5.32 Å². The number of allylic oxidation sites excluding steroid dienone is 3. The molecule has 0 aliphatic carbocycles. The maximum Gasteiger partial charge on any atom is 0.242 e. The Morgan fingerprint density at radius 2 is 1.90 bits per heavy atom. The molecular formula is C18H24BrNO. The lowest BCUT2D eigenvalue weighted by atomic mass is 10.0. The Balaban J connectivity index is 2.88. The molecule has 2 nitrogen and oxygen atoms in total. The van der Waals surface area contributed by atoms with Crippen LogP contribution in [-0.2, 0) is 17.6 Å². The van der Waals surface area contributed by atoms with Crippen LogP contribution >= 0.6 is 15.9 Å². The van der Waals surface area contributed by atoms with Gasteiger partial charge in [0, 0.05) is 5.69 Å². The summed E-state index contributed by atoms with van der Waals surface area (Å²) >= 11 is 3.46. The maximum atomic E-state index is 12.3. The lowest BCUT2D eigenvalue weighted by Crippen LogP contribution is -2.24. The quantitative estimate of drug-likeness (QED) is 0.565. The fourth-order valence-electron chi connectivity index (χ4n) is 2.25. The third-order valence-corrected chi connectivity index (χ3v) is 4.40. The molecule has 0 saturated heterocycles. The minimum absolute atomic E-state index is 0.0486. The Morgan fingerprint density at radius 1 is 1.24 bits per heavy atom. The highest BCUT2D eigenvalue weighted by Crippen LogP contribution is 2.20. The van der Waals surface area contributed by atoms with Crippen molar-refractivity contribution in [3.8, 4) is 0 Å². The smallest absolute Gasteiger partial charge is 0.242 e. The number of alkyl halides is 1. The topological polar surface area (TPSA) is 29.1 Å². The summed E-state index contributed by atoms with van der Waals surface area (Å²) in [6, 6.07) is 6.14. The summed E-state index contributed by atoms with van der Waals surface area (Å²) in [5.74, 6) is -0.0486. The van der Waals surface area contributed by atoms with E-state index in [1.54, 1.807) is 0 Å². The number of nitrogens with one attached hydrogen (secondary N) is 1. The van der Waals surface area contributed by atoms with E-state index in [-0.39, 0.29) is 10.7 Å². The van der Waals surface area contributed by atoms with E-state index < -0.39 is 0 Å². The van der Waals surface area contributed by atoms with Gasteiger partial charge in [-0.1, -0.05) is 54.1 Å². The largest absolute Gasteiger partial charge is 0.325 e. The maximum absolute atomic E-state index is 12.3. The molecule has 1 N–H and O–H groups in total. The van der Waals surface area contributed by atoms with Crippen molar-refractivity contribution in [2.75, 3.05) is 5.32 Å². The molecule has 1 aromatic carbocycles. The molecule has 0 saturated carbocycles. The van der Waals surface area contributed by atoms with Crippen molar-refractivity contribution < 1.29 is 4.79 Å². The molecule has 0 radical (unpaired) electrons. The van der Waals surface area contributed by atoms with Gasteiger partial charge in [0.1, 0.15) is 4.83 Å². The summed E-state index contributed by atoms with van der Waals surface area (Å²) in [4.78, 5) is 12.0. The number of carbonyl (C=O) groups is 1. The number of rotatable bonds is 6. The molecule has 0 fully saturated rings. The zero-order valence-electron chi connectivity index (χ0n) is 13.2. The van der Waals surface area contributed by atoms with Crippen LogP contribution in [0.3, 0.4) is 0 Å². The SMILES string of the molecule is C/C=C\C(=C/C)C(Br)C(=O)Nc1ccc(CC)c(CC)c1. The van der Waals surface area contributed by atoms with E-state index in [2.05, 4.69) is 47.2 Å². The minimum Gasteiger partial charge on any atom is -0.325 e. The highest BCUT2D eigenvalue weighted by molar-refractivity contribution is 9.10. The molecule has 3 heteroatoms. The lowest BCUT2D eigenvalue weighted by molar-refractivity contribution is -0.115. The van der Waals surface area contributed by atoms with Crippen LogP contribution in [0.5, 0.6) is 0 Å². The van der Waals surface area contributed by atoms with Gasteiger partial charge in [-0.15, -0.1) is 0 Å². The summed E-state index contributed by atoms with van der Waals surface area (Å²) in [7, 11) is 0. The van der Waals surface area contributed by atoms with Crippen LogP contribution in [0.25, 0.3) is 0 Å². The second-order valence-electron chi connectivity index (χ2n) is 4.83. The van der Waals surface area contributed by atoms with E-state index >= 15 is 0 Å². The predicted octanol–water partition coefficient (Wildman–Crippen LogP) is 5.04. The van der Waals surface area contributed by atoms with Gasteiger partial charge in [-0.05, 0) is 55.5 Å². The summed E-state index contributed by atoms with van der Waals surface area (Å²) in [6.07, 6.45) is 7.81. The summed E-state index contributed by atoms with van der Waals surface area (Å²) in [5.41, 5.74) is 4.44. The molecule has 21 heavy (non-hydrogen) atoms. The average molecular weight is 350 g/mol. The summed E-state index contributed by atoms with van der Waals surface area (Å²) < 4.78 is 0. The van der Waals surface area contributed by atoms with Crippen LogP contribution in [0.15, 0.2) is 42.0 Å². The van der Waals surface area contributed by atoms with E-state index in [9.17, 15) is 4.79 Å². The molecule has 1 unspecified atom stereocenters. The first-order chi connectivity index (χ1) is 10.1. The number of hydrogen-bond donors (Lipinski definition) is 1. The van der Waals surface area contributed by atoms with Gasteiger partial charge in [-0.25, -0.2) is 0 Å². The predicted molar refractivity (Wildman–Crippen MR) is 95.1 cm³/mol. The van der Waals surface area contributed by atoms with Crippen LogP contribution in [0.2, 0.25) is 0 Å². The number of amides is 1. The van der Waals surface area contributed by atoms with Gasteiger partial charge in [-0.2, -0.15) is 0 Å². The second kappa shape index (κ2) is 8.83. The zero-order chi connectivity index (χ0) is 15.8. The van der Waals surface area contributed by atoms with Gasteiger partial charge in [-0.3, -0.25) is 4.79 Å². The van der Waals surface area contributed by atoms with Crippen LogP contribution in [0, 0.1) is 0 Å². The lowest BCUT2D eigenvalue weighted by Gasteiger charge is -2.14. The van der Waals surface area contributed by atoms with Crippen molar-refractivity contribution in [2.24, 2.45) is 0 Å². The Kier molecular flexibility index (Phi) is 7.44. The van der Waals surface area contributed by atoms with E-state index in [1.165, 1.54) is 11.1 Å². The fourth-order valence-corrected chi connectivity index (χ4v) is 2.79. The van der Waals surface area contributed by atoms with Gasteiger partial charge in [0.25, 0.3) is 0 Å². The van der Waals surface area contributed by atoms with Crippen molar-refractivity contribution in [1.29, 1.82) is 0 Å². The molecule has 114 valence electrons. The number of halogens is 1. The highest BCUT2D eigenvalue weighted by Gasteiger charge is 2.17. The molecule has 1 aromatic rings. The average Bonchev–Trinajstić information content (AvgIpc) is 2.51. The highest BCUT2D eigenvalue weighted by atomic mass is 79.9. The molecule has 1 rings (SSSR count). The zero-order valence-corrected chi connectivity index (χ0v) is 14.8. The van der Waals surface area contributed by atoms with Crippen molar-refractivity contribution in [3.63, 3.8) is 0 Å². The number of benzene rings is 1. The molecule has 0 aliphatic heterocycles. The molecule has 0 aliphatic rings. The van der Waals surface area contributed by atoms with Crippen molar-refractivity contribution in [1.82, 2.24) is 0 Å². The third-order valence-electron chi connectivity index (χ3n) is 3.45. The normalized spacial score (nSPS) is 13.5. The first-order valence-electron chi connectivity index (χ1n) is 7.42. The fraction of sp³-hybridized carbons (Fsp3) is 0.389. The Labute approximate surface area is 136 Å². The van der Waals surface area contributed by atoms with Crippen LogP contribution in [-0.4, -0.2) is 10.7 Å². The van der Waals surface area contributed by atoms with Gasteiger partial charge in [0.15, 0.2) is 0 Å². The summed E-state index contributed by atoms with van der Waals surface area (Å²) in [5, 5.41) is 2.98. The van der Waals surface area contributed by atoms with Crippen molar-refractivity contribution in [2.45, 2.75) is 45.4 Å². The van der Waals surface area contributed by atoms with Gasteiger partial charge in [0.05, 0.1) is 0 Å². The van der Waals surface area contributed by atoms with E-state index in [4.69, 9.17) is 0 Å². The number of hydrogen-bond acceptors (Lipinski definition) is 1. The summed E-state index contributed by atoms with van der Waals surface area (Å²) in [6.45, 7) is 8.16.